The van der Waals surface area contributed by atoms with Gasteiger partial charge in [0.1, 0.15) is 5.82 Å². The van der Waals surface area contributed by atoms with Gasteiger partial charge < -0.3 is 0 Å². The second kappa shape index (κ2) is 16.7. The number of unbranched alkanes of at least 4 members (excludes halogenated alkanes) is 5. The summed E-state index contributed by atoms with van der Waals surface area (Å²) in [7, 11) is 0. The van der Waals surface area contributed by atoms with Crippen LogP contribution in [-0.2, 0) is 6.42 Å². The van der Waals surface area contributed by atoms with Crippen molar-refractivity contribution < 1.29 is 4.39 Å². The molecule has 2 aromatic carbocycles. The van der Waals surface area contributed by atoms with Crippen molar-refractivity contribution in [2.24, 2.45) is 0 Å². The fraction of sp³-hybridized carbons (Fsp3) is 0.333. The topological polar surface area (TPSA) is 0 Å². The molecule has 0 aliphatic carbocycles. The predicted molar refractivity (Wildman–Crippen MR) is 111 cm³/mol. The Hall–Kier alpha value is -2.15. The van der Waals surface area contributed by atoms with Crippen molar-refractivity contribution in [1.29, 1.82) is 0 Å². The zero-order chi connectivity index (χ0) is 18.8. The second-order valence-corrected chi connectivity index (χ2v) is 5.72. The van der Waals surface area contributed by atoms with Crippen molar-refractivity contribution in [3.8, 4) is 0 Å². The highest BCUT2D eigenvalue weighted by atomic mass is 19.1. The first kappa shape index (κ1) is 22.9. The summed E-state index contributed by atoms with van der Waals surface area (Å²) in [5.74, 6) is -0.178. The minimum Gasteiger partial charge on any atom is -0.207 e. The fourth-order valence-corrected chi connectivity index (χ4v) is 2.47. The van der Waals surface area contributed by atoms with Gasteiger partial charge in [-0.3, -0.25) is 0 Å². The van der Waals surface area contributed by atoms with Crippen molar-refractivity contribution in [2.45, 2.75) is 51.9 Å². The summed E-state index contributed by atoms with van der Waals surface area (Å²) in [6.45, 7) is 12.1. The molecule has 0 amide bonds. The highest BCUT2D eigenvalue weighted by Crippen LogP contribution is 2.14. The van der Waals surface area contributed by atoms with Gasteiger partial charge in [0.05, 0.1) is 0 Å². The number of benzene rings is 2. The molecule has 0 unspecified atom stereocenters. The molecule has 0 aromatic heterocycles. The van der Waals surface area contributed by atoms with Gasteiger partial charge in [0.25, 0.3) is 0 Å². The van der Waals surface area contributed by atoms with Gasteiger partial charge in [-0.1, -0.05) is 94.1 Å². The van der Waals surface area contributed by atoms with Gasteiger partial charge in [-0.2, -0.15) is 0 Å². The lowest BCUT2D eigenvalue weighted by atomic mass is 10.0. The van der Waals surface area contributed by atoms with E-state index in [1.54, 1.807) is 18.2 Å². The van der Waals surface area contributed by atoms with Crippen LogP contribution in [0.4, 0.5) is 4.39 Å². The first-order chi connectivity index (χ1) is 12.3. The minimum atomic E-state index is -0.178. The van der Waals surface area contributed by atoms with E-state index in [-0.39, 0.29) is 5.82 Å². The Morgan fingerprint density at radius 1 is 0.800 bits per heavy atom. The van der Waals surface area contributed by atoms with Crippen molar-refractivity contribution in [2.75, 3.05) is 0 Å². The van der Waals surface area contributed by atoms with E-state index in [0.717, 1.165) is 0 Å². The minimum absolute atomic E-state index is 0.178. The standard InChI is InChI=1S/C16H24.C6H5F.C2H4/c1-3-5-6-7-8-9-13-16-14-11-10-12-15(16)4-2;7-6-4-2-1-3-5-6;1-2/h4,10-12,14H,2-3,5-9,13H2,1H3;1-5H;1-2H2. The van der Waals surface area contributed by atoms with Crippen molar-refractivity contribution >= 4 is 6.08 Å². The lowest BCUT2D eigenvalue weighted by molar-refractivity contribution is 0.607. The molecule has 0 saturated heterocycles. The molecule has 1 heteroatoms. The molecule has 2 rings (SSSR count). The second-order valence-electron chi connectivity index (χ2n) is 5.72. The Morgan fingerprint density at radius 2 is 1.36 bits per heavy atom. The van der Waals surface area contributed by atoms with E-state index in [9.17, 15) is 4.39 Å². The molecule has 0 spiro atoms. The number of hydrogen-bond donors (Lipinski definition) is 0. The third-order valence-corrected chi connectivity index (χ3v) is 3.81. The Kier molecular flexibility index (Phi) is 15.3. The summed E-state index contributed by atoms with van der Waals surface area (Å²) in [4.78, 5) is 0. The van der Waals surface area contributed by atoms with Crippen LogP contribution in [0.3, 0.4) is 0 Å². The van der Waals surface area contributed by atoms with E-state index >= 15 is 0 Å². The Balaban J connectivity index is 0.000000530. The highest BCUT2D eigenvalue weighted by molar-refractivity contribution is 5.51. The van der Waals surface area contributed by atoms with E-state index in [1.807, 2.05) is 6.08 Å². The lowest BCUT2D eigenvalue weighted by Crippen LogP contribution is -1.89. The molecule has 0 aliphatic rings. The van der Waals surface area contributed by atoms with Crippen LogP contribution < -0.4 is 0 Å². The molecule has 0 fully saturated rings. The van der Waals surface area contributed by atoms with Crippen LogP contribution in [-0.4, -0.2) is 0 Å². The smallest absolute Gasteiger partial charge is 0.123 e. The quantitative estimate of drug-likeness (QED) is 0.339. The van der Waals surface area contributed by atoms with Crippen LogP contribution >= 0.6 is 0 Å². The molecule has 0 nitrogen and oxygen atoms in total. The summed E-state index contributed by atoms with van der Waals surface area (Å²) >= 11 is 0. The SMILES string of the molecule is C=C.C=Cc1ccccc1CCCCCCCC.Fc1ccccc1. The van der Waals surface area contributed by atoms with Gasteiger partial charge in [0.2, 0.25) is 0 Å². The van der Waals surface area contributed by atoms with Crippen molar-refractivity contribution in [3.63, 3.8) is 0 Å². The van der Waals surface area contributed by atoms with Gasteiger partial charge in [-0.05, 0) is 36.1 Å². The van der Waals surface area contributed by atoms with Gasteiger partial charge in [-0.15, -0.1) is 13.2 Å². The molecular weight excluding hydrogens is 307 g/mol. The molecule has 25 heavy (non-hydrogen) atoms. The van der Waals surface area contributed by atoms with E-state index < -0.39 is 0 Å². The van der Waals surface area contributed by atoms with Gasteiger partial charge >= 0.3 is 0 Å². The third-order valence-electron chi connectivity index (χ3n) is 3.81. The average Bonchev–Trinajstić information content (AvgIpc) is 2.67. The summed E-state index contributed by atoms with van der Waals surface area (Å²) in [6, 6.07) is 16.5. The van der Waals surface area contributed by atoms with E-state index in [1.165, 1.54) is 68.2 Å². The van der Waals surface area contributed by atoms with Crippen molar-refractivity contribution in [3.05, 3.63) is 91.3 Å². The zero-order valence-corrected chi connectivity index (χ0v) is 15.7. The summed E-state index contributed by atoms with van der Waals surface area (Å²) in [5.41, 5.74) is 2.75. The van der Waals surface area contributed by atoms with E-state index in [4.69, 9.17) is 0 Å². The van der Waals surface area contributed by atoms with Crippen LogP contribution in [0.1, 0.15) is 56.6 Å². The van der Waals surface area contributed by atoms with Crippen LogP contribution in [0.15, 0.2) is 74.3 Å². The van der Waals surface area contributed by atoms with Crippen LogP contribution in [0.5, 0.6) is 0 Å². The first-order valence-corrected chi connectivity index (χ1v) is 9.18. The number of halogens is 1. The number of aryl methyl sites for hydroxylation is 1. The number of rotatable bonds is 8. The Labute approximate surface area is 154 Å². The van der Waals surface area contributed by atoms with Gasteiger partial charge in [0, 0.05) is 0 Å². The normalized spacial score (nSPS) is 9.20. The van der Waals surface area contributed by atoms with Crippen LogP contribution in [0.25, 0.3) is 6.08 Å². The lowest BCUT2D eigenvalue weighted by Gasteiger charge is -2.05. The molecular formula is C24H33F. The molecule has 136 valence electrons. The summed E-state index contributed by atoms with van der Waals surface area (Å²) in [5, 5.41) is 0. The maximum Gasteiger partial charge on any atom is 0.123 e. The monoisotopic (exact) mass is 340 g/mol. The number of hydrogen-bond acceptors (Lipinski definition) is 0. The average molecular weight is 341 g/mol. The maximum absolute atomic E-state index is 11.9. The predicted octanol–water partition coefficient (Wildman–Crippen LogP) is 7.86. The van der Waals surface area contributed by atoms with Gasteiger partial charge in [-0.25, -0.2) is 4.39 Å². The van der Waals surface area contributed by atoms with Gasteiger partial charge in [0.15, 0.2) is 0 Å². The Morgan fingerprint density at radius 3 is 1.92 bits per heavy atom. The van der Waals surface area contributed by atoms with Crippen LogP contribution in [0, 0.1) is 5.82 Å². The zero-order valence-electron chi connectivity index (χ0n) is 15.7. The molecule has 0 N–H and O–H groups in total. The largest absolute Gasteiger partial charge is 0.207 e. The Bertz CT molecular complexity index is 545. The fourth-order valence-electron chi connectivity index (χ4n) is 2.47. The molecule has 0 atom stereocenters. The van der Waals surface area contributed by atoms with Crippen molar-refractivity contribution in [1.82, 2.24) is 0 Å². The summed E-state index contributed by atoms with van der Waals surface area (Å²) < 4.78 is 11.9. The molecule has 2 aromatic rings. The molecule has 0 aliphatic heterocycles. The molecule has 0 saturated carbocycles. The highest BCUT2D eigenvalue weighted by Gasteiger charge is 1.97. The first-order valence-electron chi connectivity index (χ1n) is 9.18. The molecule has 0 heterocycles. The molecule has 0 bridgehead atoms. The van der Waals surface area contributed by atoms with E-state index in [0.29, 0.717) is 0 Å². The molecule has 0 radical (unpaired) electrons. The van der Waals surface area contributed by atoms with Crippen LogP contribution in [0.2, 0.25) is 0 Å². The maximum atomic E-state index is 11.9. The summed E-state index contributed by atoms with van der Waals surface area (Å²) in [6.07, 6.45) is 11.4. The van der Waals surface area contributed by atoms with E-state index in [2.05, 4.69) is 50.9 Å². The third kappa shape index (κ3) is 11.9.